The van der Waals surface area contributed by atoms with Crippen LogP contribution in [0.3, 0.4) is 0 Å². The first-order chi connectivity index (χ1) is 14.2. The van der Waals surface area contributed by atoms with Gasteiger partial charge in [0.15, 0.2) is 9.84 Å². The lowest BCUT2D eigenvalue weighted by atomic mass is 10.3. The van der Waals surface area contributed by atoms with Gasteiger partial charge in [-0.05, 0) is 55.4 Å². The van der Waals surface area contributed by atoms with E-state index in [9.17, 15) is 21.2 Å². The first kappa shape index (κ1) is 22.7. The predicted octanol–water partition coefficient (Wildman–Crippen LogP) is 2.00. The number of ether oxygens (including phenoxy) is 1. The van der Waals surface area contributed by atoms with Gasteiger partial charge in [0, 0.05) is 26.2 Å². The topological polar surface area (TPSA) is 84.0 Å². The predicted molar refractivity (Wildman–Crippen MR) is 111 cm³/mol. The molecule has 0 aliphatic carbocycles. The maximum absolute atomic E-state index is 13.1. The molecule has 7 nitrogen and oxygen atoms in total. The Labute approximate surface area is 177 Å². The zero-order chi connectivity index (χ0) is 21.8. The Balaban J connectivity index is 1.62. The Bertz CT molecular complexity index is 1070. The number of sulfone groups is 1. The van der Waals surface area contributed by atoms with Gasteiger partial charge in [-0.1, -0.05) is 6.07 Å². The molecule has 0 saturated carbocycles. The molecule has 1 saturated heterocycles. The van der Waals surface area contributed by atoms with E-state index in [1.165, 1.54) is 35.7 Å². The third kappa shape index (κ3) is 5.37. The summed E-state index contributed by atoms with van der Waals surface area (Å²) in [5.74, 6) is -0.0778. The molecule has 0 radical (unpaired) electrons. The number of halogens is 1. The molecular weight excluding hydrogens is 431 g/mol. The van der Waals surface area contributed by atoms with Crippen LogP contribution in [-0.4, -0.2) is 71.6 Å². The second kappa shape index (κ2) is 9.42. The lowest BCUT2D eigenvalue weighted by molar-refractivity contribution is 0.302. The molecule has 0 N–H and O–H groups in total. The fourth-order valence-electron chi connectivity index (χ4n) is 3.33. The molecule has 0 bridgehead atoms. The average molecular weight is 457 g/mol. The van der Waals surface area contributed by atoms with Crippen LogP contribution in [0, 0.1) is 5.82 Å². The van der Waals surface area contributed by atoms with E-state index in [-0.39, 0.29) is 22.1 Å². The van der Waals surface area contributed by atoms with E-state index in [1.54, 1.807) is 12.1 Å². The maximum Gasteiger partial charge on any atom is 0.243 e. The Morgan fingerprint density at radius 1 is 0.933 bits per heavy atom. The summed E-state index contributed by atoms with van der Waals surface area (Å²) in [7, 11) is -5.71. The van der Waals surface area contributed by atoms with Crippen LogP contribution >= 0.6 is 0 Å². The number of rotatable bonds is 7. The van der Waals surface area contributed by atoms with Crippen molar-refractivity contribution in [2.24, 2.45) is 0 Å². The molecular formula is C20H25FN2O5S2. The van der Waals surface area contributed by atoms with Crippen LogP contribution in [0.15, 0.2) is 58.3 Å². The molecule has 10 heteroatoms. The van der Waals surface area contributed by atoms with Crippen molar-refractivity contribution in [1.82, 2.24) is 9.21 Å². The molecule has 0 atom stereocenters. The molecule has 164 valence electrons. The molecule has 0 unspecified atom stereocenters. The summed E-state index contributed by atoms with van der Waals surface area (Å²) in [4.78, 5) is 2.22. The number of hydrogen-bond acceptors (Lipinski definition) is 6. The first-order valence-electron chi connectivity index (χ1n) is 9.57. The quantitative estimate of drug-likeness (QED) is 0.634. The van der Waals surface area contributed by atoms with Crippen LogP contribution in [0.1, 0.15) is 6.42 Å². The smallest absolute Gasteiger partial charge is 0.243 e. The standard InChI is InChI=1S/C20H25FN2O5S2/c1-28-18-4-2-5-20(16-18)29(24,25)15-14-22-10-3-11-23(13-12-22)30(26,27)19-8-6-17(21)7-9-19/h2,4-9,16H,3,10-15H2,1H3. The van der Waals surface area contributed by atoms with E-state index in [1.807, 2.05) is 4.90 Å². The van der Waals surface area contributed by atoms with Gasteiger partial charge in [0.1, 0.15) is 11.6 Å². The Morgan fingerprint density at radius 3 is 2.37 bits per heavy atom. The molecule has 1 aliphatic heterocycles. The van der Waals surface area contributed by atoms with Crippen LogP contribution in [0.25, 0.3) is 0 Å². The minimum absolute atomic E-state index is 0.0537. The van der Waals surface area contributed by atoms with Crippen molar-refractivity contribution in [2.75, 3.05) is 45.6 Å². The Morgan fingerprint density at radius 2 is 1.67 bits per heavy atom. The van der Waals surface area contributed by atoms with Crippen molar-refractivity contribution in [3.8, 4) is 5.75 Å². The monoisotopic (exact) mass is 456 g/mol. The van der Waals surface area contributed by atoms with Crippen molar-refractivity contribution in [2.45, 2.75) is 16.2 Å². The van der Waals surface area contributed by atoms with E-state index in [0.717, 1.165) is 12.1 Å². The molecule has 2 aromatic rings. The zero-order valence-electron chi connectivity index (χ0n) is 16.7. The van der Waals surface area contributed by atoms with Crippen molar-refractivity contribution in [3.05, 3.63) is 54.3 Å². The van der Waals surface area contributed by atoms with Gasteiger partial charge in [0.25, 0.3) is 0 Å². The highest BCUT2D eigenvalue weighted by Crippen LogP contribution is 2.20. The van der Waals surface area contributed by atoms with Crippen LogP contribution in [0.4, 0.5) is 4.39 Å². The second-order valence-corrected chi connectivity index (χ2v) is 11.1. The molecule has 30 heavy (non-hydrogen) atoms. The third-order valence-electron chi connectivity index (χ3n) is 5.08. The van der Waals surface area contributed by atoms with Crippen molar-refractivity contribution >= 4 is 19.9 Å². The van der Waals surface area contributed by atoms with Crippen molar-refractivity contribution in [1.29, 1.82) is 0 Å². The van der Waals surface area contributed by atoms with Crippen LogP contribution in [0.5, 0.6) is 5.75 Å². The van der Waals surface area contributed by atoms with Gasteiger partial charge in [0.05, 0.1) is 22.7 Å². The Kier molecular flexibility index (Phi) is 7.12. The maximum atomic E-state index is 13.1. The van der Waals surface area contributed by atoms with Gasteiger partial charge >= 0.3 is 0 Å². The summed E-state index contributed by atoms with van der Waals surface area (Å²) >= 11 is 0. The highest BCUT2D eigenvalue weighted by atomic mass is 32.2. The summed E-state index contributed by atoms with van der Waals surface area (Å²) in [6.45, 7) is 1.92. The van der Waals surface area contributed by atoms with Crippen molar-refractivity contribution in [3.63, 3.8) is 0 Å². The van der Waals surface area contributed by atoms with E-state index >= 15 is 0 Å². The first-order valence-corrected chi connectivity index (χ1v) is 12.7. The fourth-order valence-corrected chi connectivity index (χ4v) is 6.11. The van der Waals surface area contributed by atoms with Gasteiger partial charge < -0.3 is 9.64 Å². The molecule has 0 amide bonds. The summed E-state index contributed by atoms with van der Waals surface area (Å²) in [6.07, 6.45) is 0.583. The molecule has 0 spiro atoms. The zero-order valence-corrected chi connectivity index (χ0v) is 18.3. The largest absolute Gasteiger partial charge is 0.497 e. The van der Waals surface area contributed by atoms with Crippen molar-refractivity contribution < 1.29 is 26.0 Å². The number of benzene rings is 2. The van der Waals surface area contributed by atoms with Crippen LogP contribution < -0.4 is 4.74 Å². The van der Waals surface area contributed by atoms with E-state index in [0.29, 0.717) is 38.3 Å². The summed E-state index contributed by atoms with van der Waals surface area (Å²) in [5.41, 5.74) is 0. The van der Waals surface area contributed by atoms with Gasteiger partial charge in [-0.25, -0.2) is 21.2 Å². The molecule has 1 aliphatic rings. The minimum Gasteiger partial charge on any atom is -0.497 e. The number of methoxy groups -OCH3 is 1. The summed E-state index contributed by atoms with van der Waals surface area (Å²) < 4.78 is 70.5. The normalized spacial score (nSPS) is 16.9. The average Bonchev–Trinajstić information content (AvgIpc) is 2.99. The summed E-state index contributed by atoms with van der Waals surface area (Å²) in [6, 6.07) is 11.1. The number of nitrogens with zero attached hydrogens (tertiary/aromatic N) is 2. The summed E-state index contributed by atoms with van der Waals surface area (Å²) in [5, 5.41) is 0. The molecule has 1 heterocycles. The number of sulfonamides is 1. The molecule has 0 aromatic heterocycles. The Hall–Kier alpha value is -2.01. The van der Waals surface area contributed by atoms with E-state index in [4.69, 9.17) is 4.74 Å². The van der Waals surface area contributed by atoms with Crippen LogP contribution in [-0.2, 0) is 19.9 Å². The van der Waals surface area contributed by atoms with Gasteiger partial charge in [-0.15, -0.1) is 0 Å². The lowest BCUT2D eigenvalue weighted by Gasteiger charge is -2.21. The van der Waals surface area contributed by atoms with Gasteiger partial charge in [-0.2, -0.15) is 4.31 Å². The lowest BCUT2D eigenvalue weighted by Crippen LogP contribution is -2.36. The molecule has 2 aromatic carbocycles. The van der Waals surface area contributed by atoms with Crippen LogP contribution in [0.2, 0.25) is 0 Å². The molecule has 1 fully saturated rings. The fraction of sp³-hybridized carbons (Fsp3) is 0.400. The number of hydrogen-bond donors (Lipinski definition) is 0. The highest BCUT2D eigenvalue weighted by Gasteiger charge is 2.27. The SMILES string of the molecule is COc1cccc(S(=O)(=O)CCN2CCCN(S(=O)(=O)c3ccc(F)cc3)CC2)c1. The van der Waals surface area contributed by atoms with E-state index < -0.39 is 25.7 Å². The highest BCUT2D eigenvalue weighted by molar-refractivity contribution is 7.91. The minimum atomic E-state index is -3.71. The van der Waals surface area contributed by atoms with E-state index in [2.05, 4.69) is 0 Å². The second-order valence-electron chi connectivity index (χ2n) is 7.05. The molecule has 3 rings (SSSR count). The van der Waals surface area contributed by atoms with Gasteiger partial charge in [-0.3, -0.25) is 0 Å². The van der Waals surface area contributed by atoms with Gasteiger partial charge in [0.2, 0.25) is 10.0 Å². The third-order valence-corrected chi connectivity index (χ3v) is 8.68.